The Morgan fingerprint density at radius 1 is 1.39 bits per heavy atom. The largest absolute Gasteiger partial charge is 0.490 e. The van der Waals surface area contributed by atoms with Gasteiger partial charge in [-0.05, 0) is 40.8 Å². The number of aromatic nitrogens is 1. The number of rotatable bonds is 4. The Morgan fingerprint density at radius 2 is 2.17 bits per heavy atom. The molecule has 0 atom stereocenters. The zero-order chi connectivity index (χ0) is 13.1. The van der Waals surface area contributed by atoms with Crippen molar-refractivity contribution >= 4 is 63.0 Å². The third kappa shape index (κ3) is 2.87. The predicted octanol–water partition coefficient (Wildman–Crippen LogP) is 4.11. The van der Waals surface area contributed by atoms with E-state index in [1.54, 1.807) is 18.2 Å². The van der Waals surface area contributed by atoms with E-state index in [1.165, 1.54) is 0 Å². The second kappa shape index (κ2) is 6.04. The summed E-state index contributed by atoms with van der Waals surface area (Å²) in [5.41, 5.74) is 0.616. The van der Waals surface area contributed by atoms with Gasteiger partial charge in [-0.15, -0.1) is 0 Å². The van der Waals surface area contributed by atoms with Crippen LogP contribution in [0.5, 0.6) is 5.75 Å². The van der Waals surface area contributed by atoms with E-state index in [-0.39, 0.29) is 0 Å². The second-order valence-corrected chi connectivity index (χ2v) is 5.46. The van der Waals surface area contributed by atoms with Crippen molar-refractivity contribution < 1.29 is 9.53 Å². The molecule has 0 spiro atoms. The molecule has 0 radical (unpaired) electrons. The molecule has 1 aromatic heterocycles. The molecule has 94 valence electrons. The van der Waals surface area contributed by atoms with Crippen LogP contribution in [0.4, 0.5) is 0 Å². The van der Waals surface area contributed by atoms with Crippen LogP contribution in [0.25, 0.3) is 10.9 Å². The number of fused-ring (bicyclic) bond motifs is 1. The zero-order valence-corrected chi connectivity index (χ0v) is 12.8. The van der Waals surface area contributed by atoms with E-state index in [9.17, 15) is 4.79 Å². The van der Waals surface area contributed by atoms with Crippen molar-refractivity contribution in [2.75, 3.05) is 6.61 Å². The molecular formula is C12H8Cl2INO2. The molecule has 6 heteroatoms. The van der Waals surface area contributed by atoms with Gasteiger partial charge in [0.25, 0.3) is 0 Å². The second-order valence-electron chi connectivity index (χ2n) is 3.50. The number of halogens is 3. The summed E-state index contributed by atoms with van der Waals surface area (Å²) in [6.45, 7) is 0.310. The smallest absolute Gasteiger partial charge is 0.158 e. The molecule has 0 N–H and O–H groups in total. The van der Waals surface area contributed by atoms with Crippen molar-refractivity contribution in [3.63, 3.8) is 0 Å². The molecule has 1 heterocycles. The van der Waals surface area contributed by atoms with E-state index in [2.05, 4.69) is 27.6 Å². The summed E-state index contributed by atoms with van der Waals surface area (Å²) < 4.78 is 6.42. The van der Waals surface area contributed by atoms with Crippen molar-refractivity contribution in [1.29, 1.82) is 0 Å². The highest BCUT2D eigenvalue weighted by Gasteiger charge is 2.12. The van der Waals surface area contributed by atoms with Gasteiger partial charge in [0.15, 0.2) is 5.75 Å². The fourth-order valence-corrected chi connectivity index (χ4v) is 2.83. The average Bonchev–Trinajstić information content (AvgIpc) is 2.33. The lowest BCUT2D eigenvalue weighted by atomic mass is 10.2. The summed E-state index contributed by atoms with van der Waals surface area (Å²) in [7, 11) is 0. The number of nitrogens with zero attached hydrogens (tertiary/aromatic N) is 1. The van der Waals surface area contributed by atoms with Crippen LogP contribution in [0.1, 0.15) is 6.42 Å². The number of hydrogen-bond acceptors (Lipinski definition) is 3. The van der Waals surface area contributed by atoms with Gasteiger partial charge in [0.05, 0.1) is 15.2 Å². The fraction of sp³-hybridized carbons (Fsp3) is 0.167. The Bertz CT molecular complexity index is 604. The molecule has 0 amide bonds. The highest BCUT2D eigenvalue weighted by Crippen LogP contribution is 2.35. The maximum Gasteiger partial charge on any atom is 0.158 e. The summed E-state index contributed by atoms with van der Waals surface area (Å²) in [5, 5.41) is 1.75. The third-order valence-electron chi connectivity index (χ3n) is 2.29. The SMILES string of the molecule is O=CCCOc1c(I)cc(Cl)c2ccc(Cl)nc12. The molecule has 0 fully saturated rings. The number of hydrogen-bond donors (Lipinski definition) is 0. The number of carbonyl (C=O) groups is 1. The van der Waals surface area contributed by atoms with Crippen LogP contribution in [0.2, 0.25) is 10.2 Å². The van der Waals surface area contributed by atoms with Crippen LogP contribution in [0.3, 0.4) is 0 Å². The summed E-state index contributed by atoms with van der Waals surface area (Å²) in [6, 6.07) is 5.28. The molecule has 2 rings (SSSR count). The molecule has 1 aromatic carbocycles. The standard InChI is InChI=1S/C12H8Cl2INO2/c13-8-6-9(15)12(18-5-1-4-17)11-7(8)2-3-10(14)16-11/h2-4,6H,1,5H2. The van der Waals surface area contributed by atoms with Gasteiger partial charge in [-0.1, -0.05) is 23.2 Å². The van der Waals surface area contributed by atoms with Gasteiger partial charge in [-0.3, -0.25) is 0 Å². The van der Waals surface area contributed by atoms with Gasteiger partial charge in [0, 0.05) is 11.8 Å². The molecule has 0 saturated heterocycles. The minimum Gasteiger partial charge on any atom is -0.490 e. The minimum absolute atomic E-state index is 0.310. The van der Waals surface area contributed by atoms with Gasteiger partial charge in [-0.2, -0.15) is 0 Å². The lowest BCUT2D eigenvalue weighted by Gasteiger charge is -2.11. The number of aldehydes is 1. The maximum absolute atomic E-state index is 10.3. The minimum atomic E-state index is 0.310. The monoisotopic (exact) mass is 395 g/mol. The first kappa shape index (κ1) is 13.8. The molecule has 3 nitrogen and oxygen atoms in total. The van der Waals surface area contributed by atoms with Crippen LogP contribution in [0, 0.1) is 3.57 Å². The lowest BCUT2D eigenvalue weighted by molar-refractivity contribution is -0.108. The van der Waals surface area contributed by atoms with Gasteiger partial charge in [0.1, 0.15) is 17.0 Å². The predicted molar refractivity (Wildman–Crippen MR) is 80.7 cm³/mol. The number of benzene rings is 1. The highest BCUT2D eigenvalue weighted by molar-refractivity contribution is 14.1. The van der Waals surface area contributed by atoms with Gasteiger partial charge < -0.3 is 9.53 Å². The van der Waals surface area contributed by atoms with Crippen molar-refractivity contribution in [3.05, 3.63) is 31.9 Å². The van der Waals surface area contributed by atoms with E-state index in [0.29, 0.717) is 34.5 Å². The van der Waals surface area contributed by atoms with Gasteiger partial charge >= 0.3 is 0 Å². The molecule has 0 saturated carbocycles. The van der Waals surface area contributed by atoms with Crippen LogP contribution >= 0.6 is 45.8 Å². The van der Waals surface area contributed by atoms with Crippen molar-refractivity contribution in [2.24, 2.45) is 0 Å². The van der Waals surface area contributed by atoms with Crippen LogP contribution < -0.4 is 4.74 Å². The highest BCUT2D eigenvalue weighted by atomic mass is 127. The van der Waals surface area contributed by atoms with Crippen LogP contribution in [-0.2, 0) is 4.79 Å². The average molecular weight is 396 g/mol. The Hall–Kier alpha value is -0.590. The third-order valence-corrected chi connectivity index (χ3v) is 3.61. The Labute approximate surface area is 128 Å². The number of ether oxygens (including phenoxy) is 1. The maximum atomic E-state index is 10.3. The quantitative estimate of drug-likeness (QED) is 0.338. The first-order valence-corrected chi connectivity index (χ1v) is 6.97. The van der Waals surface area contributed by atoms with Crippen LogP contribution in [0.15, 0.2) is 18.2 Å². The van der Waals surface area contributed by atoms with E-state index in [4.69, 9.17) is 27.9 Å². The Kier molecular flexibility index (Phi) is 4.64. The summed E-state index contributed by atoms with van der Waals surface area (Å²) in [6.07, 6.45) is 1.14. The Morgan fingerprint density at radius 3 is 2.89 bits per heavy atom. The van der Waals surface area contributed by atoms with Gasteiger partial charge in [-0.25, -0.2) is 4.98 Å². The zero-order valence-electron chi connectivity index (χ0n) is 9.12. The van der Waals surface area contributed by atoms with E-state index >= 15 is 0 Å². The van der Waals surface area contributed by atoms with E-state index < -0.39 is 0 Å². The van der Waals surface area contributed by atoms with Crippen LogP contribution in [-0.4, -0.2) is 17.9 Å². The van der Waals surface area contributed by atoms with E-state index in [0.717, 1.165) is 15.2 Å². The molecule has 0 aliphatic heterocycles. The molecule has 2 aromatic rings. The summed E-state index contributed by atoms with van der Waals surface area (Å²) in [4.78, 5) is 14.6. The summed E-state index contributed by atoms with van der Waals surface area (Å²) >= 11 is 14.2. The summed E-state index contributed by atoms with van der Waals surface area (Å²) in [5.74, 6) is 0.611. The molecule has 0 unspecified atom stereocenters. The fourth-order valence-electron chi connectivity index (χ4n) is 1.52. The molecular weight excluding hydrogens is 388 g/mol. The topological polar surface area (TPSA) is 39.2 Å². The van der Waals surface area contributed by atoms with Crippen molar-refractivity contribution in [1.82, 2.24) is 4.98 Å². The van der Waals surface area contributed by atoms with Gasteiger partial charge in [0.2, 0.25) is 0 Å². The molecule has 0 aliphatic carbocycles. The molecule has 0 aliphatic rings. The number of pyridine rings is 1. The first-order valence-electron chi connectivity index (χ1n) is 5.14. The normalized spacial score (nSPS) is 10.6. The van der Waals surface area contributed by atoms with E-state index in [1.807, 2.05) is 0 Å². The molecule has 18 heavy (non-hydrogen) atoms. The van der Waals surface area contributed by atoms with Crippen molar-refractivity contribution in [2.45, 2.75) is 6.42 Å². The molecule has 0 bridgehead atoms. The van der Waals surface area contributed by atoms with Crippen molar-refractivity contribution in [3.8, 4) is 5.75 Å². The number of carbonyl (C=O) groups excluding carboxylic acids is 1. The first-order chi connectivity index (χ1) is 8.63. The lowest BCUT2D eigenvalue weighted by Crippen LogP contribution is -2.01. The Balaban J connectivity index is 2.55.